The van der Waals surface area contributed by atoms with Gasteiger partial charge in [-0.2, -0.15) is 5.01 Å². The van der Waals surface area contributed by atoms with Gasteiger partial charge in [-0.1, -0.05) is 31.4 Å². The van der Waals surface area contributed by atoms with Crippen molar-refractivity contribution < 1.29 is 14.4 Å². The van der Waals surface area contributed by atoms with Crippen LogP contribution in [0.2, 0.25) is 0 Å². The van der Waals surface area contributed by atoms with Crippen LogP contribution < -0.4 is 5.43 Å². The largest absolute Gasteiger partial charge is 0.282 e. The second-order valence-corrected chi connectivity index (χ2v) is 7.31. The van der Waals surface area contributed by atoms with E-state index < -0.39 is 18.2 Å². The Bertz CT molecular complexity index is 602. The number of nitrogens with zero attached hydrogens (tertiary/aromatic N) is 3. The molecule has 0 aromatic rings. The molecule has 7 nitrogen and oxygen atoms in total. The molecule has 0 saturated heterocycles. The summed E-state index contributed by atoms with van der Waals surface area (Å²) in [6, 6.07) is 0. The van der Waals surface area contributed by atoms with Crippen molar-refractivity contribution in [2.24, 2.45) is 11.8 Å². The molecule has 2 fully saturated rings. The van der Waals surface area contributed by atoms with E-state index in [0.29, 0.717) is 15.9 Å². The lowest BCUT2D eigenvalue weighted by molar-refractivity contribution is -0.157. The van der Waals surface area contributed by atoms with Crippen molar-refractivity contribution in [3.05, 3.63) is 0 Å². The van der Waals surface area contributed by atoms with E-state index >= 15 is 0 Å². The predicted molar refractivity (Wildman–Crippen MR) is 101 cm³/mol. The van der Waals surface area contributed by atoms with Crippen molar-refractivity contribution in [3.63, 3.8) is 0 Å². The van der Waals surface area contributed by atoms with Gasteiger partial charge in [0.05, 0.1) is 4.99 Å². The lowest BCUT2D eigenvalue weighted by Gasteiger charge is -2.32. The Morgan fingerprint density at radius 1 is 0.960 bits per heavy atom. The third-order valence-electron chi connectivity index (χ3n) is 4.18. The fraction of sp³-hybridized carbons (Fsp3) is 0.688. The zero-order valence-electron chi connectivity index (χ0n) is 14.8. The van der Waals surface area contributed by atoms with Gasteiger partial charge < -0.3 is 0 Å². The van der Waals surface area contributed by atoms with Crippen LogP contribution in [0.5, 0.6) is 0 Å². The highest BCUT2D eigenvalue weighted by Gasteiger charge is 2.35. The highest BCUT2D eigenvalue weighted by atomic mass is 32.1. The van der Waals surface area contributed by atoms with Gasteiger partial charge in [-0.25, -0.2) is 0 Å². The first-order valence-corrected chi connectivity index (χ1v) is 9.28. The quantitative estimate of drug-likeness (QED) is 0.437. The van der Waals surface area contributed by atoms with Crippen molar-refractivity contribution >= 4 is 52.1 Å². The average Bonchev–Trinajstić information content (AvgIpc) is 3.45. The number of hydrazine groups is 2. The van der Waals surface area contributed by atoms with Gasteiger partial charge in [-0.05, 0) is 25.7 Å². The number of carbonyl (C=O) groups is 3. The van der Waals surface area contributed by atoms with Crippen LogP contribution in [0.25, 0.3) is 0 Å². The van der Waals surface area contributed by atoms with Gasteiger partial charge >= 0.3 is 0 Å². The molecule has 0 bridgehead atoms. The Balaban J connectivity index is 1.95. The maximum atomic E-state index is 12.5. The maximum absolute atomic E-state index is 12.5. The highest BCUT2D eigenvalue weighted by Crippen LogP contribution is 2.32. The van der Waals surface area contributed by atoms with E-state index in [9.17, 15) is 14.4 Å². The van der Waals surface area contributed by atoms with Gasteiger partial charge in [0.25, 0.3) is 5.91 Å². The fourth-order valence-electron chi connectivity index (χ4n) is 2.41. The molecule has 138 valence electrons. The summed E-state index contributed by atoms with van der Waals surface area (Å²) in [5.41, 5.74) is 2.59. The van der Waals surface area contributed by atoms with Gasteiger partial charge in [-0.15, -0.1) is 0 Å². The van der Waals surface area contributed by atoms with Crippen LogP contribution in [0.15, 0.2) is 0 Å². The number of amides is 3. The molecule has 25 heavy (non-hydrogen) atoms. The van der Waals surface area contributed by atoms with Gasteiger partial charge in [-0.3, -0.25) is 29.8 Å². The van der Waals surface area contributed by atoms with Crippen LogP contribution in [0.4, 0.5) is 0 Å². The predicted octanol–water partition coefficient (Wildman–Crippen LogP) is 1.43. The Morgan fingerprint density at radius 2 is 1.48 bits per heavy atom. The molecule has 2 rings (SSSR count). The minimum Gasteiger partial charge on any atom is -0.282 e. The molecule has 0 radical (unpaired) electrons. The van der Waals surface area contributed by atoms with Crippen LogP contribution >= 0.6 is 24.4 Å². The first-order valence-electron chi connectivity index (χ1n) is 8.46. The van der Waals surface area contributed by atoms with Gasteiger partial charge in [0, 0.05) is 32.4 Å². The highest BCUT2D eigenvalue weighted by molar-refractivity contribution is 7.80. The molecule has 0 aliphatic heterocycles. The standard InChI is InChI=1S/C16H24N4O3S2/c1-4-13(22)20(19(3)16(25)11-7-8-11)14(23)9-12(21)17-18(2)15(24)10-5-6-10/h10-11H,4-9H2,1-3H3,(H,17,21). The molecule has 2 aliphatic rings. The molecule has 0 aromatic heterocycles. The van der Waals surface area contributed by atoms with Gasteiger partial charge in [0.15, 0.2) is 0 Å². The molecule has 9 heteroatoms. The number of carbonyl (C=O) groups excluding carboxylic acids is 3. The zero-order valence-corrected chi connectivity index (χ0v) is 16.4. The summed E-state index contributed by atoms with van der Waals surface area (Å²) in [6.45, 7) is 1.67. The summed E-state index contributed by atoms with van der Waals surface area (Å²) < 4.78 is 0. The second kappa shape index (κ2) is 8.18. The van der Waals surface area contributed by atoms with E-state index in [1.807, 2.05) is 0 Å². The van der Waals surface area contributed by atoms with E-state index in [-0.39, 0.29) is 18.2 Å². The van der Waals surface area contributed by atoms with Gasteiger partial charge in [0.1, 0.15) is 11.4 Å². The maximum Gasteiger partial charge on any atom is 0.257 e. The molecule has 1 N–H and O–H groups in total. The first kappa shape index (κ1) is 19.7. The van der Waals surface area contributed by atoms with Crippen LogP contribution in [-0.2, 0) is 14.4 Å². The van der Waals surface area contributed by atoms with Crippen LogP contribution in [-0.4, -0.2) is 56.8 Å². The summed E-state index contributed by atoms with van der Waals surface area (Å²) >= 11 is 10.6. The molecule has 3 amide bonds. The van der Waals surface area contributed by atoms with Crippen molar-refractivity contribution in [3.8, 4) is 0 Å². The molecular weight excluding hydrogens is 360 g/mol. The number of nitrogens with one attached hydrogen (secondary N) is 1. The Kier molecular flexibility index (Phi) is 6.45. The third-order valence-corrected chi connectivity index (χ3v) is 5.39. The Labute approximate surface area is 158 Å². The summed E-state index contributed by atoms with van der Waals surface area (Å²) in [7, 11) is 3.25. The smallest absolute Gasteiger partial charge is 0.257 e. The van der Waals surface area contributed by atoms with E-state index in [1.165, 1.54) is 10.0 Å². The third kappa shape index (κ3) is 5.18. The minimum atomic E-state index is -0.597. The summed E-state index contributed by atoms with van der Waals surface area (Å²) in [5, 5.41) is 3.87. The number of thiocarbonyl (C=S) groups is 2. The second-order valence-electron chi connectivity index (χ2n) is 6.47. The van der Waals surface area contributed by atoms with Crippen molar-refractivity contribution in [2.75, 3.05) is 14.1 Å². The summed E-state index contributed by atoms with van der Waals surface area (Å²) in [4.78, 5) is 38.1. The van der Waals surface area contributed by atoms with E-state index in [1.54, 1.807) is 21.0 Å². The van der Waals surface area contributed by atoms with Crippen LogP contribution in [0, 0.1) is 11.8 Å². The van der Waals surface area contributed by atoms with Gasteiger partial charge in [0.2, 0.25) is 11.8 Å². The summed E-state index contributed by atoms with van der Waals surface area (Å²) in [5.74, 6) is -0.923. The number of imide groups is 1. The van der Waals surface area contributed by atoms with E-state index in [2.05, 4.69) is 5.43 Å². The van der Waals surface area contributed by atoms with Crippen LogP contribution in [0.3, 0.4) is 0 Å². The number of rotatable bonds is 5. The lowest BCUT2D eigenvalue weighted by atomic mass is 10.3. The van der Waals surface area contributed by atoms with E-state index in [4.69, 9.17) is 24.4 Å². The molecule has 0 heterocycles. The SMILES string of the molecule is CCC(=O)N(C(=O)CC(=O)NN(C)C(=S)C1CC1)N(C)C(=S)C1CC1. The Morgan fingerprint density at radius 3 is 1.96 bits per heavy atom. The molecule has 2 aliphatic carbocycles. The molecule has 0 unspecified atom stereocenters. The van der Waals surface area contributed by atoms with E-state index in [0.717, 1.165) is 30.7 Å². The van der Waals surface area contributed by atoms with Crippen molar-refractivity contribution in [2.45, 2.75) is 45.4 Å². The fourth-order valence-corrected chi connectivity index (χ4v) is 3.01. The van der Waals surface area contributed by atoms with Crippen molar-refractivity contribution in [1.82, 2.24) is 20.5 Å². The van der Waals surface area contributed by atoms with Crippen LogP contribution in [0.1, 0.15) is 45.4 Å². The average molecular weight is 385 g/mol. The Hall–Kier alpha value is -1.61. The molecule has 0 aromatic carbocycles. The zero-order chi connectivity index (χ0) is 18.7. The first-order chi connectivity index (χ1) is 11.8. The minimum absolute atomic E-state index is 0.149. The van der Waals surface area contributed by atoms with Crippen molar-refractivity contribution in [1.29, 1.82) is 0 Å². The monoisotopic (exact) mass is 384 g/mol. The molecule has 0 spiro atoms. The summed E-state index contributed by atoms with van der Waals surface area (Å²) in [6.07, 6.45) is 3.70. The number of hydrogen-bond acceptors (Lipinski definition) is 5. The normalized spacial score (nSPS) is 16.0. The molecule has 0 atom stereocenters. The lowest BCUT2D eigenvalue weighted by Crippen LogP contribution is -2.52. The molecule has 2 saturated carbocycles. The number of hydrogen-bond donors (Lipinski definition) is 1. The molecular formula is C16H24N4O3S2. The topological polar surface area (TPSA) is 73.0 Å².